The van der Waals surface area contributed by atoms with Crippen molar-refractivity contribution in [1.29, 1.82) is 0 Å². The third kappa shape index (κ3) is 5.12. The number of aromatic nitrogens is 1. The Morgan fingerprint density at radius 1 is 1.08 bits per heavy atom. The number of nitrogens with zero attached hydrogens (tertiary/aromatic N) is 2. The van der Waals surface area contributed by atoms with Crippen LogP contribution in [0.3, 0.4) is 0 Å². The summed E-state index contributed by atoms with van der Waals surface area (Å²) in [6, 6.07) is 13.4. The van der Waals surface area contributed by atoms with Crippen molar-refractivity contribution in [3.8, 4) is 0 Å². The second-order valence-corrected chi connectivity index (χ2v) is 6.23. The fourth-order valence-electron chi connectivity index (χ4n) is 2.72. The van der Waals surface area contributed by atoms with Crippen LogP contribution >= 0.6 is 0 Å². The number of para-hydroxylation sites is 2. The van der Waals surface area contributed by atoms with E-state index in [1.165, 1.54) is 6.92 Å². The Morgan fingerprint density at radius 3 is 2.36 bits per heavy atom. The molecular weight excluding hydrogens is 316 g/mol. The van der Waals surface area contributed by atoms with E-state index in [-0.39, 0.29) is 11.8 Å². The number of amides is 2. The van der Waals surface area contributed by atoms with Gasteiger partial charge in [-0.3, -0.25) is 19.5 Å². The highest BCUT2D eigenvalue weighted by atomic mass is 16.2. The zero-order valence-corrected chi connectivity index (χ0v) is 14.2. The van der Waals surface area contributed by atoms with E-state index in [1.807, 2.05) is 30.3 Å². The van der Waals surface area contributed by atoms with Gasteiger partial charge in [0.25, 0.3) is 0 Å². The Kier molecular flexibility index (Phi) is 5.40. The minimum atomic E-state index is -0.170. The van der Waals surface area contributed by atoms with E-state index in [0.717, 1.165) is 18.5 Å². The summed E-state index contributed by atoms with van der Waals surface area (Å²) < 4.78 is 0. The van der Waals surface area contributed by atoms with Crippen LogP contribution in [0, 0.1) is 0 Å². The fraction of sp³-hybridized carbons (Fsp3) is 0.316. The summed E-state index contributed by atoms with van der Waals surface area (Å²) in [7, 11) is 0. The SMILES string of the molecule is CC(=O)Nc1ccccc1NC(=O)CN(Cc1ccccn1)C1CC1. The lowest BCUT2D eigenvalue weighted by molar-refractivity contribution is -0.117. The maximum atomic E-state index is 12.5. The summed E-state index contributed by atoms with van der Waals surface area (Å²) in [5.74, 6) is -0.267. The van der Waals surface area contributed by atoms with Crippen molar-refractivity contribution >= 4 is 23.2 Å². The van der Waals surface area contributed by atoms with Crippen LogP contribution in [0.1, 0.15) is 25.5 Å². The molecule has 3 rings (SSSR count). The smallest absolute Gasteiger partial charge is 0.238 e. The number of benzene rings is 1. The molecule has 6 nitrogen and oxygen atoms in total. The Hall–Kier alpha value is -2.73. The maximum absolute atomic E-state index is 12.5. The summed E-state index contributed by atoms with van der Waals surface area (Å²) in [5, 5.41) is 5.63. The molecule has 2 aromatic rings. The van der Waals surface area contributed by atoms with Gasteiger partial charge >= 0.3 is 0 Å². The Morgan fingerprint density at radius 2 is 1.76 bits per heavy atom. The average molecular weight is 338 g/mol. The lowest BCUT2D eigenvalue weighted by Gasteiger charge is -2.21. The van der Waals surface area contributed by atoms with Gasteiger partial charge in [0.15, 0.2) is 0 Å². The van der Waals surface area contributed by atoms with E-state index in [2.05, 4.69) is 20.5 Å². The van der Waals surface area contributed by atoms with Crippen molar-refractivity contribution in [3.05, 3.63) is 54.4 Å². The van der Waals surface area contributed by atoms with Gasteiger partial charge in [0.05, 0.1) is 23.6 Å². The van der Waals surface area contributed by atoms with E-state index in [9.17, 15) is 9.59 Å². The monoisotopic (exact) mass is 338 g/mol. The molecule has 1 saturated carbocycles. The molecule has 2 N–H and O–H groups in total. The number of hydrogen-bond donors (Lipinski definition) is 2. The summed E-state index contributed by atoms with van der Waals surface area (Å²) in [4.78, 5) is 30.3. The number of anilines is 2. The van der Waals surface area contributed by atoms with E-state index in [4.69, 9.17) is 0 Å². The zero-order valence-electron chi connectivity index (χ0n) is 14.2. The molecule has 1 heterocycles. The van der Waals surface area contributed by atoms with E-state index in [0.29, 0.717) is 30.5 Å². The maximum Gasteiger partial charge on any atom is 0.238 e. The quantitative estimate of drug-likeness (QED) is 0.814. The Bertz CT molecular complexity index is 744. The highest BCUT2D eigenvalue weighted by Crippen LogP contribution is 2.28. The Balaban J connectivity index is 1.63. The van der Waals surface area contributed by atoms with Crippen molar-refractivity contribution in [2.45, 2.75) is 32.4 Å². The zero-order chi connectivity index (χ0) is 17.6. The van der Waals surface area contributed by atoms with Crippen LogP contribution in [0.15, 0.2) is 48.7 Å². The third-order valence-corrected chi connectivity index (χ3v) is 4.01. The summed E-state index contributed by atoms with van der Waals surface area (Å²) >= 11 is 0. The summed E-state index contributed by atoms with van der Waals surface area (Å²) in [6.45, 7) is 2.40. The number of carbonyl (C=O) groups is 2. The van der Waals surface area contributed by atoms with Gasteiger partial charge in [-0.05, 0) is 37.1 Å². The molecule has 0 unspecified atom stereocenters. The topological polar surface area (TPSA) is 74.3 Å². The molecule has 1 aliphatic rings. The van der Waals surface area contributed by atoms with Crippen LogP contribution in [0.2, 0.25) is 0 Å². The van der Waals surface area contributed by atoms with Crippen molar-refractivity contribution < 1.29 is 9.59 Å². The van der Waals surface area contributed by atoms with Gasteiger partial charge in [0.1, 0.15) is 0 Å². The molecule has 0 bridgehead atoms. The first-order valence-electron chi connectivity index (χ1n) is 8.42. The fourth-order valence-corrected chi connectivity index (χ4v) is 2.72. The minimum absolute atomic E-state index is 0.0966. The average Bonchev–Trinajstić information content (AvgIpc) is 3.41. The molecule has 0 aliphatic heterocycles. The molecule has 130 valence electrons. The van der Waals surface area contributed by atoms with Gasteiger partial charge in [-0.1, -0.05) is 18.2 Å². The molecule has 0 atom stereocenters. The highest BCUT2D eigenvalue weighted by Gasteiger charge is 2.30. The lowest BCUT2D eigenvalue weighted by Crippen LogP contribution is -2.34. The van der Waals surface area contributed by atoms with Gasteiger partial charge < -0.3 is 10.6 Å². The molecular formula is C19H22N4O2. The number of nitrogens with one attached hydrogen (secondary N) is 2. The normalized spacial score (nSPS) is 13.5. The van der Waals surface area contributed by atoms with Crippen LogP contribution in [-0.4, -0.2) is 34.3 Å². The van der Waals surface area contributed by atoms with Gasteiger partial charge in [-0.25, -0.2) is 0 Å². The second kappa shape index (κ2) is 7.90. The highest BCUT2D eigenvalue weighted by molar-refractivity contribution is 5.99. The molecule has 1 aromatic carbocycles. The van der Waals surface area contributed by atoms with Crippen molar-refractivity contribution in [2.24, 2.45) is 0 Å². The van der Waals surface area contributed by atoms with Crippen LogP contribution in [0.25, 0.3) is 0 Å². The molecule has 0 saturated heterocycles. The van der Waals surface area contributed by atoms with E-state index in [1.54, 1.807) is 18.3 Å². The molecule has 1 fully saturated rings. The molecule has 0 radical (unpaired) electrons. The third-order valence-electron chi connectivity index (χ3n) is 4.01. The van der Waals surface area contributed by atoms with Gasteiger partial charge in [-0.2, -0.15) is 0 Å². The lowest BCUT2D eigenvalue weighted by atomic mass is 10.2. The minimum Gasteiger partial charge on any atom is -0.325 e. The van der Waals surface area contributed by atoms with Crippen LogP contribution in [-0.2, 0) is 16.1 Å². The standard InChI is InChI=1S/C19H22N4O2/c1-14(24)21-17-7-2-3-8-18(17)22-19(25)13-23(16-9-10-16)12-15-6-4-5-11-20-15/h2-8,11,16H,9-10,12-13H2,1H3,(H,21,24)(H,22,25). The van der Waals surface area contributed by atoms with Crippen molar-refractivity contribution in [1.82, 2.24) is 9.88 Å². The predicted molar refractivity (Wildman–Crippen MR) is 97.0 cm³/mol. The summed E-state index contributed by atoms with van der Waals surface area (Å²) in [6.07, 6.45) is 4.00. The Labute approximate surface area is 147 Å². The van der Waals surface area contributed by atoms with Crippen molar-refractivity contribution in [3.63, 3.8) is 0 Å². The summed E-state index contributed by atoms with van der Waals surface area (Å²) in [5.41, 5.74) is 2.17. The number of hydrogen-bond acceptors (Lipinski definition) is 4. The van der Waals surface area contributed by atoms with E-state index < -0.39 is 0 Å². The first-order valence-corrected chi connectivity index (χ1v) is 8.42. The first kappa shape index (κ1) is 17.1. The van der Waals surface area contributed by atoms with Crippen molar-refractivity contribution in [2.75, 3.05) is 17.2 Å². The van der Waals surface area contributed by atoms with E-state index >= 15 is 0 Å². The molecule has 25 heavy (non-hydrogen) atoms. The number of rotatable bonds is 7. The first-order chi connectivity index (χ1) is 12.1. The van der Waals surface area contributed by atoms with Crippen LogP contribution < -0.4 is 10.6 Å². The number of carbonyl (C=O) groups excluding carboxylic acids is 2. The van der Waals surface area contributed by atoms with Gasteiger partial charge in [-0.15, -0.1) is 0 Å². The van der Waals surface area contributed by atoms with Gasteiger partial charge in [0.2, 0.25) is 11.8 Å². The molecule has 6 heteroatoms. The molecule has 0 spiro atoms. The van der Waals surface area contributed by atoms with Crippen LogP contribution in [0.4, 0.5) is 11.4 Å². The molecule has 1 aliphatic carbocycles. The van der Waals surface area contributed by atoms with Gasteiger partial charge in [0, 0.05) is 25.7 Å². The van der Waals surface area contributed by atoms with Crippen LogP contribution in [0.5, 0.6) is 0 Å². The predicted octanol–water partition coefficient (Wildman–Crippen LogP) is 2.64. The number of pyridine rings is 1. The molecule has 1 aromatic heterocycles. The second-order valence-electron chi connectivity index (χ2n) is 6.23. The molecule has 2 amide bonds. The largest absolute Gasteiger partial charge is 0.325 e.